The van der Waals surface area contributed by atoms with Gasteiger partial charge in [0, 0.05) is 5.56 Å². The molecule has 0 spiro atoms. The van der Waals surface area contributed by atoms with Crippen LogP contribution in [0.5, 0.6) is 0 Å². The molecule has 0 amide bonds. The number of unbranched alkanes of at least 4 members (excludes halogenated alkanes) is 1. The number of fused-ring (bicyclic) bond motifs is 1. The topological polar surface area (TPSA) is 29.5 Å². The van der Waals surface area contributed by atoms with E-state index >= 15 is 0 Å². The third-order valence-electron chi connectivity index (χ3n) is 2.72. The van der Waals surface area contributed by atoms with Crippen LogP contribution in [0.25, 0.3) is 0 Å². The van der Waals surface area contributed by atoms with E-state index in [9.17, 15) is 5.11 Å². The lowest BCUT2D eigenvalue weighted by atomic mass is 10.0. The summed E-state index contributed by atoms with van der Waals surface area (Å²) in [6, 6.07) is 7.92. The standard InChI is InChI=1S/C12H16O2/c1-2-3-8-11-9-6-4-5-7-10(9)12(13)14-11/h4-7,11-13H,2-3,8H2,1H3/t11-,12-/m0/s1. The molecule has 0 saturated heterocycles. The lowest BCUT2D eigenvalue weighted by Crippen LogP contribution is -1.97. The van der Waals surface area contributed by atoms with Crippen molar-refractivity contribution < 1.29 is 9.84 Å². The second-order valence-electron chi connectivity index (χ2n) is 3.75. The number of aliphatic hydroxyl groups is 1. The van der Waals surface area contributed by atoms with Gasteiger partial charge in [0.25, 0.3) is 0 Å². The first kappa shape index (κ1) is 9.69. The summed E-state index contributed by atoms with van der Waals surface area (Å²) in [7, 11) is 0. The van der Waals surface area contributed by atoms with Crippen LogP contribution in [0.3, 0.4) is 0 Å². The smallest absolute Gasteiger partial charge is 0.182 e. The summed E-state index contributed by atoms with van der Waals surface area (Å²) in [4.78, 5) is 0. The molecule has 0 aliphatic carbocycles. The van der Waals surface area contributed by atoms with Crippen molar-refractivity contribution in [2.45, 2.75) is 38.6 Å². The molecule has 76 valence electrons. The zero-order valence-corrected chi connectivity index (χ0v) is 8.44. The molecule has 1 aliphatic rings. The number of hydrogen-bond acceptors (Lipinski definition) is 2. The van der Waals surface area contributed by atoms with Gasteiger partial charge in [-0.1, -0.05) is 44.0 Å². The van der Waals surface area contributed by atoms with Gasteiger partial charge in [-0.3, -0.25) is 0 Å². The van der Waals surface area contributed by atoms with E-state index in [1.165, 1.54) is 0 Å². The molecule has 1 aliphatic heterocycles. The number of aliphatic hydroxyl groups excluding tert-OH is 1. The van der Waals surface area contributed by atoms with Crippen molar-refractivity contribution in [2.24, 2.45) is 0 Å². The van der Waals surface area contributed by atoms with E-state index < -0.39 is 6.29 Å². The summed E-state index contributed by atoms with van der Waals surface area (Å²) in [6.07, 6.45) is 2.70. The lowest BCUT2D eigenvalue weighted by molar-refractivity contribution is -0.122. The van der Waals surface area contributed by atoms with Crippen molar-refractivity contribution in [3.8, 4) is 0 Å². The zero-order chi connectivity index (χ0) is 9.97. The number of benzene rings is 1. The van der Waals surface area contributed by atoms with Gasteiger partial charge < -0.3 is 9.84 Å². The van der Waals surface area contributed by atoms with E-state index in [4.69, 9.17) is 4.74 Å². The van der Waals surface area contributed by atoms with E-state index in [-0.39, 0.29) is 6.10 Å². The van der Waals surface area contributed by atoms with Crippen LogP contribution in [0.1, 0.15) is 49.7 Å². The highest BCUT2D eigenvalue weighted by Crippen LogP contribution is 2.39. The average molecular weight is 192 g/mol. The number of rotatable bonds is 3. The van der Waals surface area contributed by atoms with Gasteiger partial charge in [-0.05, 0) is 12.0 Å². The van der Waals surface area contributed by atoms with E-state index in [0.717, 1.165) is 30.4 Å². The Bertz CT molecular complexity index is 309. The SMILES string of the molecule is CCCC[C@@H]1O[C@H](O)c2ccccc21. The van der Waals surface area contributed by atoms with E-state index in [1.807, 2.05) is 24.3 Å². The van der Waals surface area contributed by atoms with Crippen molar-refractivity contribution in [1.29, 1.82) is 0 Å². The highest BCUT2D eigenvalue weighted by molar-refractivity contribution is 5.33. The van der Waals surface area contributed by atoms with Crippen molar-refractivity contribution in [2.75, 3.05) is 0 Å². The monoisotopic (exact) mass is 192 g/mol. The van der Waals surface area contributed by atoms with Gasteiger partial charge in [0.1, 0.15) is 0 Å². The molecule has 1 aromatic carbocycles. The lowest BCUT2D eigenvalue weighted by Gasteiger charge is -2.10. The number of hydrogen-bond donors (Lipinski definition) is 1. The predicted molar refractivity (Wildman–Crippen MR) is 54.8 cm³/mol. The van der Waals surface area contributed by atoms with Crippen LogP contribution in [0.2, 0.25) is 0 Å². The molecule has 1 heterocycles. The average Bonchev–Trinajstić information content (AvgIpc) is 2.54. The van der Waals surface area contributed by atoms with Crippen LogP contribution >= 0.6 is 0 Å². The Hall–Kier alpha value is -0.860. The minimum atomic E-state index is -0.715. The molecule has 1 N–H and O–H groups in total. The summed E-state index contributed by atoms with van der Waals surface area (Å²) in [6.45, 7) is 2.16. The Balaban J connectivity index is 2.17. The quantitative estimate of drug-likeness (QED) is 0.797. The van der Waals surface area contributed by atoms with Crippen LogP contribution in [0, 0.1) is 0 Å². The normalized spacial score (nSPS) is 25.0. The maximum atomic E-state index is 9.63. The first-order valence-corrected chi connectivity index (χ1v) is 5.25. The molecule has 14 heavy (non-hydrogen) atoms. The fourth-order valence-corrected chi connectivity index (χ4v) is 1.94. The summed E-state index contributed by atoms with van der Waals surface area (Å²) in [5.41, 5.74) is 2.10. The Morgan fingerprint density at radius 1 is 1.29 bits per heavy atom. The molecule has 0 fully saturated rings. The van der Waals surface area contributed by atoms with Crippen LogP contribution in [0.15, 0.2) is 24.3 Å². The van der Waals surface area contributed by atoms with Gasteiger partial charge in [0.05, 0.1) is 6.10 Å². The van der Waals surface area contributed by atoms with E-state index in [0.29, 0.717) is 0 Å². The van der Waals surface area contributed by atoms with E-state index in [1.54, 1.807) is 0 Å². The summed E-state index contributed by atoms with van der Waals surface area (Å²) >= 11 is 0. The Morgan fingerprint density at radius 3 is 2.71 bits per heavy atom. The minimum absolute atomic E-state index is 0.0983. The Labute approximate surface area is 84.5 Å². The van der Waals surface area contributed by atoms with Gasteiger partial charge in [-0.2, -0.15) is 0 Å². The fraction of sp³-hybridized carbons (Fsp3) is 0.500. The van der Waals surface area contributed by atoms with Crippen molar-refractivity contribution in [3.63, 3.8) is 0 Å². The van der Waals surface area contributed by atoms with Crippen LogP contribution in [-0.4, -0.2) is 5.11 Å². The maximum absolute atomic E-state index is 9.63. The van der Waals surface area contributed by atoms with Gasteiger partial charge >= 0.3 is 0 Å². The molecular weight excluding hydrogens is 176 g/mol. The third kappa shape index (κ3) is 1.68. The Kier molecular flexibility index (Phi) is 2.85. The third-order valence-corrected chi connectivity index (χ3v) is 2.72. The molecule has 2 nitrogen and oxygen atoms in total. The fourth-order valence-electron chi connectivity index (χ4n) is 1.94. The van der Waals surface area contributed by atoms with Gasteiger partial charge in [0.15, 0.2) is 6.29 Å². The van der Waals surface area contributed by atoms with Crippen LogP contribution in [0.4, 0.5) is 0 Å². The van der Waals surface area contributed by atoms with Crippen LogP contribution < -0.4 is 0 Å². The first-order chi connectivity index (χ1) is 6.83. The predicted octanol–water partition coefficient (Wildman–Crippen LogP) is 2.94. The summed E-state index contributed by atoms with van der Waals surface area (Å²) < 4.78 is 5.49. The van der Waals surface area contributed by atoms with Gasteiger partial charge in [-0.15, -0.1) is 0 Å². The van der Waals surface area contributed by atoms with Crippen molar-refractivity contribution in [3.05, 3.63) is 35.4 Å². The molecule has 0 aromatic heterocycles. The molecule has 0 bridgehead atoms. The summed E-state index contributed by atoms with van der Waals surface area (Å²) in [5, 5.41) is 9.63. The second-order valence-corrected chi connectivity index (χ2v) is 3.75. The highest BCUT2D eigenvalue weighted by atomic mass is 16.6. The second kappa shape index (κ2) is 4.11. The van der Waals surface area contributed by atoms with Crippen molar-refractivity contribution >= 4 is 0 Å². The van der Waals surface area contributed by atoms with Crippen molar-refractivity contribution in [1.82, 2.24) is 0 Å². The highest BCUT2D eigenvalue weighted by Gasteiger charge is 2.28. The molecule has 0 saturated carbocycles. The van der Waals surface area contributed by atoms with E-state index in [2.05, 4.69) is 6.92 Å². The van der Waals surface area contributed by atoms with Gasteiger partial charge in [0.2, 0.25) is 0 Å². The molecule has 2 rings (SSSR count). The van der Waals surface area contributed by atoms with Gasteiger partial charge in [-0.25, -0.2) is 0 Å². The minimum Gasteiger partial charge on any atom is -0.364 e. The molecule has 1 aromatic rings. The maximum Gasteiger partial charge on any atom is 0.182 e. The largest absolute Gasteiger partial charge is 0.364 e. The first-order valence-electron chi connectivity index (χ1n) is 5.25. The molecule has 2 heteroatoms. The van der Waals surface area contributed by atoms with Crippen LogP contribution in [-0.2, 0) is 4.74 Å². The molecule has 0 unspecified atom stereocenters. The molecule has 0 radical (unpaired) electrons. The zero-order valence-electron chi connectivity index (χ0n) is 8.44. The Morgan fingerprint density at radius 2 is 2.00 bits per heavy atom. The molecular formula is C12H16O2. The number of ether oxygens (including phenoxy) is 1. The summed E-state index contributed by atoms with van der Waals surface area (Å²) in [5.74, 6) is 0. The molecule has 2 atom stereocenters.